The number of amides is 2. The van der Waals surface area contributed by atoms with Crippen LogP contribution in [0.4, 0.5) is 4.79 Å². The number of carbonyl (C=O) groups excluding carboxylic acids is 1. The molecule has 0 bridgehead atoms. The largest absolute Gasteiger partial charge is 0.480 e. The van der Waals surface area contributed by atoms with Gasteiger partial charge >= 0.3 is 12.0 Å². The molecule has 0 unspecified atom stereocenters. The lowest BCUT2D eigenvalue weighted by Gasteiger charge is -2.16. The van der Waals surface area contributed by atoms with Crippen molar-refractivity contribution in [3.8, 4) is 0 Å². The van der Waals surface area contributed by atoms with Crippen molar-refractivity contribution in [1.82, 2.24) is 15.5 Å². The van der Waals surface area contributed by atoms with Crippen molar-refractivity contribution < 1.29 is 14.7 Å². The Labute approximate surface area is 125 Å². The topological polar surface area (TPSA) is 81.7 Å². The molecule has 2 amide bonds. The fraction of sp³-hybridized carbons (Fsp3) is 0.467. The van der Waals surface area contributed by atoms with Crippen LogP contribution in [-0.4, -0.2) is 55.2 Å². The average molecular weight is 293 g/mol. The second-order valence-corrected chi connectivity index (χ2v) is 5.12. The third-order valence-corrected chi connectivity index (χ3v) is 3.01. The number of nitrogens with one attached hydrogen (secondary N) is 2. The molecule has 116 valence electrons. The fourth-order valence-corrected chi connectivity index (χ4v) is 1.82. The Bertz CT molecular complexity index is 449. The number of likely N-dealkylation sites (N-methyl/N-ethyl adjacent to an activating group) is 1. The molecule has 0 heterocycles. The van der Waals surface area contributed by atoms with Crippen LogP contribution in [-0.2, 0) is 11.2 Å². The van der Waals surface area contributed by atoms with Crippen molar-refractivity contribution in [1.29, 1.82) is 0 Å². The quantitative estimate of drug-likeness (QED) is 0.666. The lowest BCUT2D eigenvalue weighted by atomic mass is 10.1. The highest BCUT2D eigenvalue weighted by Gasteiger charge is 2.19. The number of aliphatic carboxylic acids is 1. The minimum Gasteiger partial charge on any atom is -0.480 e. The first kappa shape index (κ1) is 17.0. The second-order valence-electron chi connectivity index (χ2n) is 5.12. The molecule has 0 fully saturated rings. The van der Waals surface area contributed by atoms with Crippen LogP contribution in [0.5, 0.6) is 0 Å². The molecular weight excluding hydrogens is 270 g/mol. The first-order valence-corrected chi connectivity index (χ1v) is 6.95. The number of urea groups is 1. The number of rotatable bonds is 8. The molecule has 0 spiro atoms. The van der Waals surface area contributed by atoms with Crippen molar-refractivity contribution >= 4 is 12.0 Å². The Balaban J connectivity index is 2.39. The van der Waals surface area contributed by atoms with Gasteiger partial charge in [0.15, 0.2) is 0 Å². The number of carboxylic acid groups (broad SMARTS) is 1. The molecule has 0 radical (unpaired) electrons. The molecule has 1 atom stereocenters. The SMILES string of the molecule is CN(C)CCNC(=O)N[C@@H](CCc1ccccc1)C(=O)O. The van der Waals surface area contributed by atoms with E-state index in [4.69, 9.17) is 5.11 Å². The maximum Gasteiger partial charge on any atom is 0.326 e. The van der Waals surface area contributed by atoms with E-state index in [-0.39, 0.29) is 0 Å². The second kappa shape index (κ2) is 8.97. The predicted octanol–water partition coefficient (Wildman–Crippen LogP) is 0.933. The van der Waals surface area contributed by atoms with Crippen LogP contribution in [0.25, 0.3) is 0 Å². The van der Waals surface area contributed by atoms with Crippen LogP contribution in [0.2, 0.25) is 0 Å². The molecule has 0 aliphatic heterocycles. The maximum atomic E-state index is 11.6. The molecule has 0 saturated carbocycles. The van der Waals surface area contributed by atoms with Gasteiger partial charge in [0.25, 0.3) is 0 Å². The van der Waals surface area contributed by atoms with Crippen molar-refractivity contribution in [3.63, 3.8) is 0 Å². The number of carboxylic acids is 1. The maximum absolute atomic E-state index is 11.6. The van der Waals surface area contributed by atoms with Crippen molar-refractivity contribution in [2.24, 2.45) is 0 Å². The van der Waals surface area contributed by atoms with E-state index in [1.807, 2.05) is 49.3 Å². The molecule has 1 rings (SSSR count). The number of hydrogen-bond acceptors (Lipinski definition) is 3. The van der Waals surface area contributed by atoms with Crippen LogP contribution < -0.4 is 10.6 Å². The highest BCUT2D eigenvalue weighted by atomic mass is 16.4. The monoisotopic (exact) mass is 293 g/mol. The minimum atomic E-state index is -1.02. The van der Waals surface area contributed by atoms with E-state index in [0.29, 0.717) is 25.9 Å². The number of hydrogen-bond donors (Lipinski definition) is 3. The Hall–Kier alpha value is -2.08. The Morgan fingerprint density at radius 3 is 2.48 bits per heavy atom. The van der Waals surface area contributed by atoms with Gasteiger partial charge in [-0.1, -0.05) is 30.3 Å². The third kappa shape index (κ3) is 7.31. The molecule has 6 heteroatoms. The van der Waals surface area contributed by atoms with Gasteiger partial charge in [0, 0.05) is 13.1 Å². The Morgan fingerprint density at radius 1 is 1.24 bits per heavy atom. The van der Waals surface area contributed by atoms with E-state index in [1.165, 1.54) is 0 Å². The summed E-state index contributed by atoms with van der Waals surface area (Å²) in [4.78, 5) is 24.8. The van der Waals surface area contributed by atoms with Crippen LogP contribution >= 0.6 is 0 Å². The smallest absolute Gasteiger partial charge is 0.326 e. The van der Waals surface area contributed by atoms with Gasteiger partial charge in [0.1, 0.15) is 6.04 Å². The van der Waals surface area contributed by atoms with Gasteiger partial charge in [-0.25, -0.2) is 9.59 Å². The molecule has 21 heavy (non-hydrogen) atoms. The van der Waals surface area contributed by atoms with Gasteiger partial charge in [0.05, 0.1) is 0 Å². The minimum absolute atomic E-state index is 0.362. The molecule has 0 aliphatic rings. The van der Waals surface area contributed by atoms with Crippen molar-refractivity contribution in [2.45, 2.75) is 18.9 Å². The van der Waals surface area contributed by atoms with Crippen molar-refractivity contribution in [2.75, 3.05) is 27.2 Å². The van der Waals surface area contributed by atoms with Gasteiger partial charge in [-0.15, -0.1) is 0 Å². The first-order valence-electron chi connectivity index (χ1n) is 6.95. The molecule has 3 N–H and O–H groups in total. The zero-order chi connectivity index (χ0) is 15.7. The van der Waals surface area contributed by atoms with Crippen LogP contribution in [0.1, 0.15) is 12.0 Å². The van der Waals surface area contributed by atoms with Gasteiger partial charge in [0.2, 0.25) is 0 Å². The summed E-state index contributed by atoms with van der Waals surface area (Å²) >= 11 is 0. The molecule has 6 nitrogen and oxygen atoms in total. The van der Waals surface area contributed by atoms with E-state index in [1.54, 1.807) is 0 Å². The summed E-state index contributed by atoms with van der Waals surface area (Å²) in [7, 11) is 3.80. The Kier molecular flexibility index (Phi) is 7.25. The van der Waals surface area contributed by atoms with Gasteiger partial charge in [-0.3, -0.25) is 0 Å². The number of benzene rings is 1. The summed E-state index contributed by atoms with van der Waals surface area (Å²) in [5.41, 5.74) is 1.05. The summed E-state index contributed by atoms with van der Waals surface area (Å²) < 4.78 is 0. The highest BCUT2D eigenvalue weighted by Crippen LogP contribution is 2.05. The van der Waals surface area contributed by atoms with Crippen LogP contribution in [0.3, 0.4) is 0 Å². The average Bonchev–Trinajstić information content (AvgIpc) is 2.43. The summed E-state index contributed by atoms with van der Waals surface area (Å²) in [5.74, 6) is -1.02. The summed E-state index contributed by atoms with van der Waals surface area (Å²) in [6.45, 7) is 1.18. The van der Waals surface area contributed by atoms with Crippen LogP contribution in [0.15, 0.2) is 30.3 Å². The van der Waals surface area contributed by atoms with E-state index < -0.39 is 18.0 Å². The molecule has 1 aromatic rings. The lowest BCUT2D eigenvalue weighted by Crippen LogP contribution is -2.47. The lowest BCUT2D eigenvalue weighted by molar-refractivity contribution is -0.139. The predicted molar refractivity (Wildman–Crippen MR) is 81.3 cm³/mol. The first-order chi connectivity index (χ1) is 9.99. The fourth-order valence-electron chi connectivity index (χ4n) is 1.82. The zero-order valence-corrected chi connectivity index (χ0v) is 12.5. The summed E-state index contributed by atoms with van der Waals surface area (Å²) in [5, 5.41) is 14.3. The van der Waals surface area contributed by atoms with E-state index in [0.717, 1.165) is 5.56 Å². The number of carbonyl (C=O) groups is 2. The highest BCUT2D eigenvalue weighted by molar-refractivity contribution is 5.82. The molecule has 0 aromatic heterocycles. The van der Waals surface area contributed by atoms with E-state index in [2.05, 4.69) is 10.6 Å². The van der Waals surface area contributed by atoms with Gasteiger partial charge in [-0.2, -0.15) is 0 Å². The Morgan fingerprint density at radius 2 is 1.90 bits per heavy atom. The molecular formula is C15H23N3O3. The standard InChI is InChI=1S/C15H23N3O3/c1-18(2)11-10-16-15(21)17-13(14(19)20)9-8-12-6-4-3-5-7-12/h3-7,13H,8-11H2,1-2H3,(H,19,20)(H2,16,17,21)/t13-/m0/s1. The number of aryl methyl sites for hydroxylation is 1. The molecule has 0 aliphatic carbocycles. The summed E-state index contributed by atoms with van der Waals surface area (Å²) in [6, 6.07) is 8.28. The van der Waals surface area contributed by atoms with E-state index >= 15 is 0 Å². The normalized spacial score (nSPS) is 12.0. The van der Waals surface area contributed by atoms with Crippen molar-refractivity contribution in [3.05, 3.63) is 35.9 Å². The molecule has 1 aromatic carbocycles. The van der Waals surface area contributed by atoms with Crippen LogP contribution in [0, 0.1) is 0 Å². The molecule has 0 saturated heterocycles. The zero-order valence-electron chi connectivity index (χ0n) is 12.5. The third-order valence-electron chi connectivity index (χ3n) is 3.01. The summed E-state index contributed by atoms with van der Waals surface area (Å²) in [6.07, 6.45) is 0.968. The van der Waals surface area contributed by atoms with Gasteiger partial charge < -0.3 is 20.6 Å². The van der Waals surface area contributed by atoms with Gasteiger partial charge in [-0.05, 0) is 32.5 Å². The number of nitrogens with zero attached hydrogens (tertiary/aromatic N) is 1. The van der Waals surface area contributed by atoms with E-state index in [9.17, 15) is 9.59 Å².